The lowest BCUT2D eigenvalue weighted by Gasteiger charge is -2.33. The van der Waals surface area contributed by atoms with Crippen LogP contribution >= 0.6 is 0 Å². The number of hydrogen-bond donors (Lipinski definition) is 2. The topological polar surface area (TPSA) is 91.7 Å². The second-order valence-electron chi connectivity index (χ2n) is 8.70. The number of hydrogen-bond acceptors (Lipinski definition) is 4. The van der Waals surface area contributed by atoms with Crippen LogP contribution in [-0.4, -0.2) is 30.3 Å². The minimum atomic E-state index is -1.22. The fourth-order valence-electron chi connectivity index (χ4n) is 4.39. The van der Waals surface area contributed by atoms with E-state index in [4.69, 9.17) is 4.42 Å². The van der Waals surface area contributed by atoms with Gasteiger partial charge in [0.2, 0.25) is 11.8 Å². The molecule has 0 aliphatic heterocycles. The number of amides is 3. The number of anilines is 1. The van der Waals surface area contributed by atoms with Gasteiger partial charge in [0.05, 0.1) is 12.8 Å². The van der Waals surface area contributed by atoms with Crippen molar-refractivity contribution in [3.05, 3.63) is 89.9 Å². The van der Waals surface area contributed by atoms with Crippen molar-refractivity contribution >= 4 is 23.4 Å². The number of nitrogens with one attached hydrogen (secondary N) is 2. The van der Waals surface area contributed by atoms with Gasteiger partial charge >= 0.3 is 0 Å². The lowest BCUT2D eigenvalue weighted by atomic mass is 9.94. The van der Waals surface area contributed by atoms with E-state index < -0.39 is 41.9 Å². The Morgan fingerprint density at radius 1 is 0.944 bits per heavy atom. The highest BCUT2D eigenvalue weighted by atomic mass is 19.1. The predicted molar refractivity (Wildman–Crippen MR) is 129 cm³/mol. The van der Waals surface area contributed by atoms with Crippen LogP contribution in [0.15, 0.2) is 71.3 Å². The van der Waals surface area contributed by atoms with Crippen molar-refractivity contribution in [2.45, 2.75) is 44.2 Å². The third-order valence-corrected chi connectivity index (χ3v) is 6.14. The molecule has 3 amide bonds. The summed E-state index contributed by atoms with van der Waals surface area (Å²) < 4.78 is 33.0. The molecule has 1 saturated carbocycles. The second kappa shape index (κ2) is 11.6. The first-order valence-corrected chi connectivity index (χ1v) is 11.9. The number of benzene rings is 2. The van der Waals surface area contributed by atoms with Gasteiger partial charge in [-0.3, -0.25) is 19.3 Å². The molecule has 1 aliphatic carbocycles. The van der Waals surface area contributed by atoms with Crippen LogP contribution in [0.25, 0.3) is 0 Å². The summed E-state index contributed by atoms with van der Waals surface area (Å²) in [5, 5.41) is 5.49. The monoisotopic (exact) mass is 495 g/mol. The number of nitrogens with zero attached hydrogens (tertiary/aromatic N) is 1. The van der Waals surface area contributed by atoms with E-state index in [2.05, 4.69) is 10.6 Å². The maximum Gasteiger partial charge on any atom is 0.287 e. The van der Waals surface area contributed by atoms with Gasteiger partial charge in [-0.05, 0) is 60.9 Å². The van der Waals surface area contributed by atoms with Crippen molar-refractivity contribution in [3.63, 3.8) is 0 Å². The van der Waals surface area contributed by atoms with Gasteiger partial charge in [0.15, 0.2) is 5.76 Å². The SMILES string of the molecule is O=C(NCC(=O)N(c1cccc(F)c1)[C@@H](C(=O)NC1CCCCC1)c1ccc(F)cc1)c1ccco1. The Morgan fingerprint density at radius 3 is 2.36 bits per heavy atom. The smallest absolute Gasteiger partial charge is 0.287 e. The van der Waals surface area contributed by atoms with Crippen LogP contribution in [0.3, 0.4) is 0 Å². The fourth-order valence-corrected chi connectivity index (χ4v) is 4.39. The molecule has 2 aromatic carbocycles. The molecular formula is C27H27F2N3O4. The number of carbonyl (C=O) groups excluding carboxylic acids is 3. The van der Waals surface area contributed by atoms with Crippen LogP contribution in [0.2, 0.25) is 0 Å². The van der Waals surface area contributed by atoms with Crippen LogP contribution in [0.1, 0.15) is 54.3 Å². The highest BCUT2D eigenvalue weighted by molar-refractivity contribution is 6.04. The number of furan rings is 1. The lowest BCUT2D eigenvalue weighted by Crippen LogP contribution is -2.49. The predicted octanol–water partition coefficient (Wildman–Crippen LogP) is 4.51. The average Bonchev–Trinajstić information content (AvgIpc) is 3.42. The average molecular weight is 496 g/mol. The van der Waals surface area contributed by atoms with Crippen molar-refractivity contribution in [2.75, 3.05) is 11.4 Å². The lowest BCUT2D eigenvalue weighted by molar-refractivity contribution is -0.127. The van der Waals surface area contributed by atoms with Gasteiger partial charge in [-0.2, -0.15) is 0 Å². The highest BCUT2D eigenvalue weighted by Crippen LogP contribution is 2.30. The maximum atomic E-state index is 14.2. The maximum absolute atomic E-state index is 14.2. The normalized spacial score (nSPS) is 14.6. The molecule has 0 radical (unpaired) electrons. The molecule has 7 nitrogen and oxygen atoms in total. The number of halogens is 2. The Bertz CT molecular complexity index is 1190. The van der Waals surface area contributed by atoms with Gasteiger partial charge in [0, 0.05) is 11.7 Å². The van der Waals surface area contributed by atoms with E-state index in [1.807, 2.05) is 0 Å². The van der Waals surface area contributed by atoms with Crippen LogP contribution in [0.4, 0.5) is 14.5 Å². The largest absolute Gasteiger partial charge is 0.459 e. The van der Waals surface area contributed by atoms with E-state index in [1.165, 1.54) is 60.9 Å². The molecule has 1 aromatic heterocycles. The quantitative estimate of drug-likeness (QED) is 0.481. The first-order valence-electron chi connectivity index (χ1n) is 11.9. The Labute approximate surface area is 207 Å². The zero-order valence-electron chi connectivity index (χ0n) is 19.6. The molecule has 0 saturated heterocycles. The van der Waals surface area contributed by atoms with Crippen molar-refractivity contribution in [1.29, 1.82) is 0 Å². The zero-order valence-corrected chi connectivity index (χ0v) is 19.6. The molecule has 1 heterocycles. The molecule has 0 unspecified atom stereocenters. The summed E-state index contributed by atoms with van der Waals surface area (Å²) in [7, 11) is 0. The third-order valence-electron chi connectivity index (χ3n) is 6.14. The Morgan fingerprint density at radius 2 is 1.69 bits per heavy atom. The summed E-state index contributed by atoms with van der Waals surface area (Å²) in [6, 6.07) is 12.2. The standard InChI is InChI=1S/C27H27F2N3O4/c28-19-13-11-18(12-14-19)25(27(35)31-21-7-2-1-3-8-21)32(22-9-4-6-20(29)16-22)24(33)17-30-26(34)23-10-5-15-36-23/h4-6,9-16,21,25H,1-3,7-8,17H2,(H,30,34)(H,31,35)/t25-/m1/s1. The molecule has 36 heavy (non-hydrogen) atoms. The van der Waals surface area contributed by atoms with Crippen molar-refractivity contribution in [2.24, 2.45) is 0 Å². The molecule has 0 bridgehead atoms. The van der Waals surface area contributed by atoms with E-state index in [0.29, 0.717) is 5.56 Å². The van der Waals surface area contributed by atoms with E-state index in [9.17, 15) is 23.2 Å². The van der Waals surface area contributed by atoms with Crippen molar-refractivity contribution in [3.8, 4) is 0 Å². The van der Waals surface area contributed by atoms with Gasteiger partial charge in [-0.15, -0.1) is 0 Å². The first-order chi connectivity index (χ1) is 17.4. The van der Waals surface area contributed by atoms with Crippen LogP contribution in [0, 0.1) is 11.6 Å². The van der Waals surface area contributed by atoms with E-state index in [-0.39, 0.29) is 17.5 Å². The minimum absolute atomic E-state index is 0.0187. The Kier molecular flexibility index (Phi) is 8.10. The van der Waals surface area contributed by atoms with Gasteiger partial charge in [0.25, 0.3) is 5.91 Å². The zero-order chi connectivity index (χ0) is 25.5. The molecule has 3 aromatic rings. The summed E-state index contributed by atoms with van der Waals surface area (Å²) in [5.41, 5.74) is 0.472. The second-order valence-corrected chi connectivity index (χ2v) is 8.70. The van der Waals surface area contributed by atoms with Crippen molar-refractivity contribution < 1.29 is 27.6 Å². The van der Waals surface area contributed by atoms with E-state index >= 15 is 0 Å². The minimum Gasteiger partial charge on any atom is -0.459 e. The number of rotatable bonds is 8. The summed E-state index contributed by atoms with van der Waals surface area (Å²) >= 11 is 0. The summed E-state index contributed by atoms with van der Waals surface area (Å²) in [5.74, 6) is -2.82. The van der Waals surface area contributed by atoms with Gasteiger partial charge in [-0.1, -0.05) is 37.5 Å². The van der Waals surface area contributed by atoms with Gasteiger partial charge in [-0.25, -0.2) is 8.78 Å². The van der Waals surface area contributed by atoms with Gasteiger partial charge in [0.1, 0.15) is 17.7 Å². The molecular weight excluding hydrogens is 468 g/mol. The molecule has 2 N–H and O–H groups in total. The number of carbonyl (C=O) groups is 3. The third kappa shape index (κ3) is 6.16. The molecule has 0 spiro atoms. The first kappa shape index (κ1) is 25.1. The van der Waals surface area contributed by atoms with Crippen LogP contribution in [0.5, 0.6) is 0 Å². The molecule has 1 fully saturated rings. The summed E-state index contributed by atoms with van der Waals surface area (Å²) in [4.78, 5) is 40.6. The summed E-state index contributed by atoms with van der Waals surface area (Å²) in [6.45, 7) is -0.482. The molecule has 188 valence electrons. The van der Waals surface area contributed by atoms with Crippen molar-refractivity contribution in [1.82, 2.24) is 10.6 Å². The van der Waals surface area contributed by atoms with E-state index in [0.717, 1.165) is 43.1 Å². The molecule has 1 atom stereocenters. The van der Waals surface area contributed by atoms with E-state index in [1.54, 1.807) is 0 Å². The molecule has 4 rings (SSSR count). The summed E-state index contributed by atoms with van der Waals surface area (Å²) in [6.07, 6.45) is 6.02. The van der Waals surface area contributed by atoms with Crippen LogP contribution < -0.4 is 15.5 Å². The Balaban J connectivity index is 1.68. The molecule has 9 heteroatoms. The Hall–Kier alpha value is -4.01. The van der Waals surface area contributed by atoms with Gasteiger partial charge < -0.3 is 15.1 Å². The van der Waals surface area contributed by atoms with Crippen LogP contribution in [-0.2, 0) is 9.59 Å². The molecule has 1 aliphatic rings. The highest BCUT2D eigenvalue weighted by Gasteiger charge is 2.34. The fraction of sp³-hybridized carbons (Fsp3) is 0.296.